The zero-order valence-corrected chi connectivity index (χ0v) is 13.1. The minimum atomic E-state index is -1.05. The number of aromatic carboxylic acids is 1. The normalized spacial score (nSPS) is 11.1. The number of nitrogens with zero attached hydrogens (tertiary/aromatic N) is 2. The molecule has 3 aromatic rings. The summed E-state index contributed by atoms with van der Waals surface area (Å²) >= 11 is 0. The van der Waals surface area contributed by atoms with Crippen molar-refractivity contribution in [2.45, 2.75) is 0 Å². The van der Waals surface area contributed by atoms with E-state index in [0.717, 1.165) is 5.56 Å². The Hall–Kier alpha value is -3.35. The minimum Gasteiger partial charge on any atom is -0.495 e. The second-order valence-electron chi connectivity index (χ2n) is 4.95. The molecule has 0 atom stereocenters. The molecule has 0 saturated heterocycles. The molecule has 122 valence electrons. The van der Waals surface area contributed by atoms with E-state index in [1.807, 2.05) is 12.1 Å². The molecule has 7 heteroatoms. The van der Waals surface area contributed by atoms with Crippen molar-refractivity contribution in [2.24, 2.45) is 0 Å². The second-order valence-corrected chi connectivity index (χ2v) is 4.95. The van der Waals surface area contributed by atoms with Crippen molar-refractivity contribution < 1.29 is 19.4 Å². The van der Waals surface area contributed by atoms with Crippen molar-refractivity contribution in [3.05, 3.63) is 47.3 Å². The molecule has 0 aliphatic heterocycles. The number of hydrogen-bond donors (Lipinski definition) is 2. The van der Waals surface area contributed by atoms with E-state index in [1.54, 1.807) is 31.5 Å². The maximum Gasteiger partial charge on any atom is 0.339 e. The lowest BCUT2D eigenvalue weighted by Gasteiger charge is -2.06. The zero-order chi connectivity index (χ0) is 17.1. The molecule has 0 unspecified atom stereocenters. The third kappa shape index (κ3) is 2.79. The SMILES string of the molecule is COc1ccc(C=Cc2n[nH]c3ccc(C(=O)O)c(OC)c23)cn1. The van der Waals surface area contributed by atoms with Gasteiger partial charge in [0.1, 0.15) is 11.3 Å². The molecule has 2 aromatic heterocycles. The van der Waals surface area contributed by atoms with Crippen LogP contribution >= 0.6 is 0 Å². The van der Waals surface area contributed by atoms with Gasteiger partial charge in [-0.2, -0.15) is 5.10 Å². The van der Waals surface area contributed by atoms with E-state index in [4.69, 9.17) is 9.47 Å². The van der Waals surface area contributed by atoms with Gasteiger partial charge in [-0.3, -0.25) is 5.10 Å². The smallest absolute Gasteiger partial charge is 0.339 e. The highest BCUT2D eigenvalue weighted by Crippen LogP contribution is 2.32. The molecule has 0 fully saturated rings. The van der Waals surface area contributed by atoms with Gasteiger partial charge in [-0.1, -0.05) is 6.08 Å². The summed E-state index contributed by atoms with van der Waals surface area (Å²) in [6.07, 6.45) is 5.27. The lowest BCUT2D eigenvalue weighted by atomic mass is 10.1. The summed E-state index contributed by atoms with van der Waals surface area (Å²) < 4.78 is 10.3. The van der Waals surface area contributed by atoms with Crippen molar-refractivity contribution >= 4 is 29.0 Å². The van der Waals surface area contributed by atoms with Crippen LogP contribution in [0.15, 0.2) is 30.5 Å². The first-order valence-electron chi connectivity index (χ1n) is 7.10. The lowest BCUT2D eigenvalue weighted by Crippen LogP contribution is -2.00. The highest BCUT2D eigenvalue weighted by Gasteiger charge is 2.17. The van der Waals surface area contributed by atoms with Gasteiger partial charge in [0, 0.05) is 12.3 Å². The summed E-state index contributed by atoms with van der Waals surface area (Å²) in [5, 5.41) is 17.0. The zero-order valence-electron chi connectivity index (χ0n) is 13.1. The molecular formula is C17H15N3O4. The number of methoxy groups -OCH3 is 2. The first-order valence-corrected chi connectivity index (χ1v) is 7.10. The van der Waals surface area contributed by atoms with Gasteiger partial charge in [-0.05, 0) is 29.8 Å². The van der Waals surface area contributed by atoms with Crippen LogP contribution < -0.4 is 9.47 Å². The fraction of sp³-hybridized carbons (Fsp3) is 0.118. The van der Waals surface area contributed by atoms with Gasteiger partial charge in [-0.15, -0.1) is 0 Å². The van der Waals surface area contributed by atoms with E-state index in [0.29, 0.717) is 22.5 Å². The van der Waals surface area contributed by atoms with Gasteiger partial charge < -0.3 is 14.6 Å². The molecule has 0 saturated carbocycles. The molecule has 7 nitrogen and oxygen atoms in total. The number of hydrogen-bond acceptors (Lipinski definition) is 5. The maximum absolute atomic E-state index is 11.3. The molecule has 3 rings (SSSR count). The number of carboxylic acids is 1. The summed E-state index contributed by atoms with van der Waals surface area (Å²) in [5.74, 6) is -0.240. The number of aromatic amines is 1. The van der Waals surface area contributed by atoms with Gasteiger partial charge in [-0.25, -0.2) is 9.78 Å². The van der Waals surface area contributed by atoms with Crippen molar-refractivity contribution in [1.82, 2.24) is 15.2 Å². The average Bonchev–Trinajstić information content (AvgIpc) is 3.02. The summed E-state index contributed by atoms with van der Waals surface area (Å²) in [7, 11) is 3.00. The Morgan fingerprint density at radius 1 is 1.17 bits per heavy atom. The number of fused-ring (bicyclic) bond motifs is 1. The summed E-state index contributed by atoms with van der Waals surface area (Å²) in [6.45, 7) is 0. The third-order valence-electron chi connectivity index (χ3n) is 3.55. The van der Waals surface area contributed by atoms with Crippen LogP contribution in [0, 0.1) is 0 Å². The predicted octanol–water partition coefficient (Wildman–Crippen LogP) is 2.84. The molecule has 2 heterocycles. The minimum absolute atomic E-state index is 0.0900. The standard InChI is InChI=1S/C17H15N3O4/c1-23-14-8-4-10(9-18-14)3-6-12-15-13(20-19-12)7-5-11(17(21)22)16(15)24-2/h3-9H,1-2H3,(H,19,20)(H,21,22). The number of carbonyl (C=O) groups is 1. The maximum atomic E-state index is 11.3. The number of benzene rings is 1. The number of H-pyrrole nitrogens is 1. The first kappa shape index (κ1) is 15.5. The number of carboxylic acid groups (broad SMARTS) is 1. The van der Waals surface area contributed by atoms with Crippen LogP contribution in [-0.4, -0.2) is 40.5 Å². The molecule has 0 bridgehead atoms. The molecule has 1 aromatic carbocycles. The van der Waals surface area contributed by atoms with Crippen LogP contribution in [0.4, 0.5) is 0 Å². The molecule has 0 amide bonds. The first-order chi connectivity index (χ1) is 11.6. The van der Waals surface area contributed by atoms with E-state index in [-0.39, 0.29) is 11.3 Å². The highest BCUT2D eigenvalue weighted by molar-refractivity contribution is 6.02. The monoisotopic (exact) mass is 325 g/mol. The number of nitrogens with one attached hydrogen (secondary N) is 1. The van der Waals surface area contributed by atoms with Crippen molar-refractivity contribution in [2.75, 3.05) is 14.2 Å². The van der Waals surface area contributed by atoms with Gasteiger partial charge in [0.05, 0.1) is 30.8 Å². The van der Waals surface area contributed by atoms with E-state index in [9.17, 15) is 9.90 Å². The Kier molecular flexibility index (Phi) is 4.15. The van der Waals surface area contributed by atoms with Gasteiger partial charge in [0.15, 0.2) is 0 Å². The largest absolute Gasteiger partial charge is 0.495 e. The van der Waals surface area contributed by atoms with E-state index in [1.165, 1.54) is 13.2 Å². The summed E-state index contributed by atoms with van der Waals surface area (Å²) in [5.41, 5.74) is 2.23. The Balaban J connectivity index is 2.04. The molecule has 0 aliphatic rings. The molecule has 0 radical (unpaired) electrons. The second kappa shape index (κ2) is 6.41. The molecule has 0 spiro atoms. The van der Waals surface area contributed by atoms with Crippen molar-refractivity contribution in [1.29, 1.82) is 0 Å². The number of rotatable bonds is 5. The fourth-order valence-electron chi connectivity index (χ4n) is 2.39. The molecular weight excluding hydrogens is 310 g/mol. The van der Waals surface area contributed by atoms with Crippen molar-refractivity contribution in [3.63, 3.8) is 0 Å². The van der Waals surface area contributed by atoms with E-state index >= 15 is 0 Å². The molecule has 0 aliphatic carbocycles. The third-order valence-corrected chi connectivity index (χ3v) is 3.55. The predicted molar refractivity (Wildman–Crippen MR) is 89.3 cm³/mol. The van der Waals surface area contributed by atoms with Crippen LogP contribution in [-0.2, 0) is 0 Å². The Bertz CT molecular complexity index is 913. The van der Waals surface area contributed by atoms with E-state index < -0.39 is 5.97 Å². The fourth-order valence-corrected chi connectivity index (χ4v) is 2.39. The number of aromatic nitrogens is 3. The van der Waals surface area contributed by atoms with Gasteiger partial charge in [0.25, 0.3) is 0 Å². The number of ether oxygens (including phenoxy) is 2. The lowest BCUT2D eigenvalue weighted by molar-refractivity contribution is 0.0693. The summed E-state index contributed by atoms with van der Waals surface area (Å²) in [6, 6.07) is 6.77. The van der Waals surface area contributed by atoms with E-state index in [2.05, 4.69) is 15.2 Å². The van der Waals surface area contributed by atoms with Crippen LogP contribution in [0.5, 0.6) is 11.6 Å². The highest BCUT2D eigenvalue weighted by atomic mass is 16.5. The molecule has 2 N–H and O–H groups in total. The quantitative estimate of drug-likeness (QED) is 0.748. The van der Waals surface area contributed by atoms with Gasteiger partial charge in [0.2, 0.25) is 5.88 Å². The topological polar surface area (TPSA) is 97.3 Å². The van der Waals surface area contributed by atoms with Crippen LogP contribution in [0.2, 0.25) is 0 Å². The van der Waals surface area contributed by atoms with Crippen LogP contribution in [0.3, 0.4) is 0 Å². The number of pyridine rings is 1. The van der Waals surface area contributed by atoms with Gasteiger partial charge >= 0.3 is 5.97 Å². The summed E-state index contributed by atoms with van der Waals surface area (Å²) in [4.78, 5) is 15.5. The Morgan fingerprint density at radius 3 is 2.62 bits per heavy atom. The Labute approximate surface area is 137 Å². The Morgan fingerprint density at radius 2 is 2.00 bits per heavy atom. The van der Waals surface area contributed by atoms with Crippen LogP contribution in [0.25, 0.3) is 23.1 Å². The van der Waals surface area contributed by atoms with Crippen LogP contribution in [0.1, 0.15) is 21.6 Å². The molecule has 24 heavy (non-hydrogen) atoms. The average molecular weight is 325 g/mol. The van der Waals surface area contributed by atoms with Crippen molar-refractivity contribution in [3.8, 4) is 11.6 Å².